The molecule has 2 nitrogen and oxygen atoms in total. The average Bonchev–Trinajstić information content (AvgIpc) is 2.15. The Bertz CT molecular complexity index is 271. The third-order valence-electron chi connectivity index (χ3n) is 2.29. The molecule has 0 aliphatic carbocycles. The molecule has 2 heteroatoms. The molecule has 1 N–H and O–H groups in total. The molecule has 0 saturated heterocycles. The lowest BCUT2D eigenvalue weighted by molar-refractivity contribution is 0.393. The van der Waals surface area contributed by atoms with Gasteiger partial charge in [0.15, 0.2) is 0 Å². The average molecular weight is 193 g/mol. The third-order valence-corrected chi connectivity index (χ3v) is 2.29. The van der Waals surface area contributed by atoms with E-state index in [-0.39, 0.29) is 0 Å². The normalized spacial score (nSPS) is 10.8. The van der Waals surface area contributed by atoms with E-state index in [1.54, 1.807) is 6.07 Å². The van der Waals surface area contributed by atoms with Gasteiger partial charge < -0.3 is 10.0 Å². The Balaban J connectivity index is 2.28. The number of unbranched alkanes of at least 4 members (excludes halogenated alkanes) is 1. The van der Waals surface area contributed by atoms with Crippen LogP contribution in [0.15, 0.2) is 24.3 Å². The first-order valence-electron chi connectivity index (χ1n) is 5.12. The number of phenols is 1. The fourth-order valence-electron chi connectivity index (χ4n) is 1.47. The molecule has 0 bridgehead atoms. The predicted octanol–water partition coefficient (Wildman–Crippen LogP) is 2.28. The Hall–Kier alpha value is -1.02. The van der Waals surface area contributed by atoms with Gasteiger partial charge in [0.1, 0.15) is 5.75 Å². The van der Waals surface area contributed by atoms with E-state index in [2.05, 4.69) is 19.0 Å². The third kappa shape index (κ3) is 3.79. The molecule has 0 unspecified atom stereocenters. The fraction of sp³-hybridized carbons (Fsp3) is 0.500. The molecule has 0 spiro atoms. The molecule has 0 saturated carbocycles. The molecule has 0 atom stereocenters. The van der Waals surface area contributed by atoms with Crippen molar-refractivity contribution in [3.05, 3.63) is 29.8 Å². The van der Waals surface area contributed by atoms with E-state index in [4.69, 9.17) is 0 Å². The summed E-state index contributed by atoms with van der Waals surface area (Å²) in [7, 11) is 4.17. The Labute approximate surface area is 86.2 Å². The number of phenolic OH excluding ortho intramolecular Hbond substituents is 1. The fourth-order valence-corrected chi connectivity index (χ4v) is 1.47. The van der Waals surface area contributed by atoms with Crippen LogP contribution in [-0.2, 0) is 6.42 Å². The first-order valence-corrected chi connectivity index (χ1v) is 5.12. The maximum absolute atomic E-state index is 9.51. The molecule has 0 aromatic heterocycles. The van der Waals surface area contributed by atoms with Gasteiger partial charge >= 0.3 is 0 Å². The highest BCUT2D eigenvalue weighted by atomic mass is 16.3. The van der Waals surface area contributed by atoms with E-state index in [0.29, 0.717) is 5.75 Å². The minimum atomic E-state index is 0.428. The van der Waals surface area contributed by atoms with Crippen molar-refractivity contribution in [1.82, 2.24) is 4.90 Å². The van der Waals surface area contributed by atoms with E-state index in [1.165, 1.54) is 6.42 Å². The van der Waals surface area contributed by atoms with Crippen LogP contribution in [0.4, 0.5) is 0 Å². The molecule has 78 valence electrons. The van der Waals surface area contributed by atoms with Gasteiger partial charge in [-0.05, 0) is 51.5 Å². The van der Waals surface area contributed by atoms with Crippen LogP contribution >= 0.6 is 0 Å². The highest BCUT2D eigenvalue weighted by Gasteiger charge is 1.99. The number of benzene rings is 1. The van der Waals surface area contributed by atoms with Crippen molar-refractivity contribution in [2.45, 2.75) is 19.3 Å². The van der Waals surface area contributed by atoms with Crippen LogP contribution in [0.3, 0.4) is 0 Å². The van der Waals surface area contributed by atoms with Crippen molar-refractivity contribution in [1.29, 1.82) is 0 Å². The van der Waals surface area contributed by atoms with Gasteiger partial charge in [-0.3, -0.25) is 0 Å². The molecule has 14 heavy (non-hydrogen) atoms. The van der Waals surface area contributed by atoms with E-state index in [9.17, 15) is 5.11 Å². The SMILES string of the molecule is CN(C)CCCCc1ccccc1O. The molecule has 0 radical (unpaired) electrons. The van der Waals surface area contributed by atoms with Crippen molar-refractivity contribution >= 4 is 0 Å². The van der Waals surface area contributed by atoms with Crippen LogP contribution in [0, 0.1) is 0 Å². The summed E-state index contributed by atoms with van der Waals surface area (Å²) >= 11 is 0. The lowest BCUT2D eigenvalue weighted by Gasteiger charge is -2.09. The molecule has 0 amide bonds. The van der Waals surface area contributed by atoms with Crippen molar-refractivity contribution < 1.29 is 5.11 Å². The summed E-state index contributed by atoms with van der Waals surface area (Å²) in [4.78, 5) is 2.19. The van der Waals surface area contributed by atoms with Crippen molar-refractivity contribution in [3.63, 3.8) is 0 Å². The second kappa shape index (κ2) is 5.66. The first kappa shape index (κ1) is 11.1. The van der Waals surface area contributed by atoms with Crippen molar-refractivity contribution in [2.75, 3.05) is 20.6 Å². The predicted molar refractivity (Wildman–Crippen MR) is 59.6 cm³/mol. The molecular formula is C12H19NO. The van der Waals surface area contributed by atoms with Crippen molar-refractivity contribution in [2.24, 2.45) is 0 Å². The number of rotatable bonds is 5. The Morgan fingerprint density at radius 3 is 2.50 bits per heavy atom. The number of hydrogen-bond donors (Lipinski definition) is 1. The number of hydrogen-bond acceptors (Lipinski definition) is 2. The smallest absolute Gasteiger partial charge is 0.118 e. The van der Waals surface area contributed by atoms with E-state index in [1.807, 2.05) is 18.2 Å². The molecule has 0 fully saturated rings. The molecular weight excluding hydrogens is 174 g/mol. The number of aromatic hydroxyl groups is 1. The van der Waals surface area contributed by atoms with Gasteiger partial charge in [-0.1, -0.05) is 18.2 Å². The maximum Gasteiger partial charge on any atom is 0.118 e. The summed E-state index contributed by atoms with van der Waals surface area (Å²) in [6.07, 6.45) is 3.29. The minimum Gasteiger partial charge on any atom is -0.508 e. The standard InChI is InChI=1S/C12H19NO/c1-13(2)10-6-5-8-11-7-3-4-9-12(11)14/h3-4,7,9,14H,5-6,8,10H2,1-2H3. The first-order chi connectivity index (χ1) is 6.70. The zero-order chi connectivity index (χ0) is 10.4. The molecule has 0 aliphatic heterocycles. The summed E-state index contributed by atoms with van der Waals surface area (Å²) in [5.74, 6) is 0.428. The summed E-state index contributed by atoms with van der Waals surface area (Å²) in [6, 6.07) is 7.58. The van der Waals surface area contributed by atoms with Crippen LogP contribution in [0.25, 0.3) is 0 Å². The van der Waals surface area contributed by atoms with Crippen molar-refractivity contribution in [3.8, 4) is 5.75 Å². The van der Waals surface area contributed by atoms with Gasteiger partial charge in [-0.25, -0.2) is 0 Å². The van der Waals surface area contributed by atoms with Gasteiger partial charge in [0.05, 0.1) is 0 Å². The van der Waals surface area contributed by atoms with Gasteiger partial charge in [-0.2, -0.15) is 0 Å². The molecule has 0 heterocycles. The Morgan fingerprint density at radius 2 is 1.86 bits per heavy atom. The van der Waals surface area contributed by atoms with E-state index in [0.717, 1.165) is 24.9 Å². The van der Waals surface area contributed by atoms with Crippen LogP contribution < -0.4 is 0 Å². The monoisotopic (exact) mass is 193 g/mol. The highest BCUT2D eigenvalue weighted by molar-refractivity contribution is 5.31. The molecule has 1 aromatic carbocycles. The second-order valence-corrected chi connectivity index (χ2v) is 3.89. The van der Waals surface area contributed by atoms with Gasteiger partial charge in [0.25, 0.3) is 0 Å². The van der Waals surface area contributed by atoms with E-state index >= 15 is 0 Å². The van der Waals surface area contributed by atoms with Gasteiger partial charge in [-0.15, -0.1) is 0 Å². The number of aryl methyl sites for hydroxylation is 1. The quantitative estimate of drug-likeness (QED) is 0.725. The zero-order valence-corrected chi connectivity index (χ0v) is 9.03. The molecule has 1 aromatic rings. The highest BCUT2D eigenvalue weighted by Crippen LogP contribution is 2.17. The van der Waals surface area contributed by atoms with Gasteiger partial charge in [0.2, 0.25) is 0 Å². The lowest BCUT2D eigenvalue weighted by atomic mass is 10.1. The van der Waals surface area contributed by atoms with Crippen LogP contribution in [-0.4, -0.2) is 30.6 Å². The summed E-state index contributed by atoms with van der Waals surface area (Å²) < 4.78 is 0. The van der Waals surface area contributed by atoms with E-state index < -0.39 is 0 Å². The van der Waals surface area contributed by atoms with Crippen LogP contribution in [0.5, 0.6) is 5.75 Å². The summed E-state index contributed by atoms with van der Waals surface area (Å²) in [5.41, 5.74) is 1.06. The Morgan fingerprint density at radius 1 is 1.14 bits per heavy atom. The minimum absolute atomic E-state index is 0.428. The lowest BCUT2D eigenvalue weighted by Crippen LogP contribution is -2.12. The van der Waals surface area contributed by atoms with Gasteiger partial charge in [0, 0.05) is 0 Å². The molecule has 1 rings (SSSR count). The van der Waals surface area contributed by atoms with Crippen LogP contribution in [0.1, 0.15) is 18.4 Å². The topological polar surface area (TPSA) is 23.5 Å². The zero-order valence-electron chi connectivity index (χ0n) is 9.03. The van der Waals surface area contributed by atoms with Crippen LogP contribution in [0.2, 0.25) is 0 Å². The largest absolute Gasteiger partial charge is 0.508 e. The molecule has 0 aliphatic rings. The second-order valence-electron chi connectivity index (χ2n) is 3.89. The Kier molecular flexibility index (Phi) is 4.47. The summed E-state index contributed by atoms with van der Waals surface area (Å²) in [5, 5.41) is 9.51. The maximum atomic E-state index is 9.51. The summed E-state index contributed by atoms with van der Waals surface area (Å²) in [6.45, 7) is 1.12. The number of nitrogens with zero attached hydrogens (tertiary/aromatic N) is 1. The number of para-hydroxylation sites is 1.